The van der Waals surface area contributed by atoms with Crippen molar-refractivity contribution in [1.82, 2.24) is 43.8 Å². The van der Waals surface area contributed by atoms with E-state index in [1.807, 2.05) is 0 Å². The molecule has 56 heavy (non-hydrogen) atoms. The highest BCUT2D eigenvalue weighted by Gasteiger charge is 2.45. The minimum atomic E-state index is -4.53. The summed E-state index contributed by atoms with van der Waals surface area (Å²) in [4.78, 5) is 73.0. The molecule has 296 valence electrons. The van der Waals surface area contributed by atoms with E-state index < -0.39 is 77.2 Å². The molecule has 2 bridgehead atoms. The molecule has 4 aromatic heterocycles. The fourth-order valence-electron chi connectivity index (χ4n) is 6.44. The van der Waals surface area contributed by atoms with Gasteiger partial charge in [0, 0.05) is 30.9 Å². The number of aromatic nitrogens is 8. The molecule has 5 aromatic rings. The van der Waals surface area contributed by atoms with Gasteiger partial charge in [0.05, 0.1) is 31.5 Å². The smallest absolute Gasteiger partial charge is 0.336 e. The first-order valence-electron chi connectivity index (χ1n) is 17.2. The van der Waals surface area contributed by atoms with Crippen molar-refractivity contribution in [3.63, 3.8) is 0 Å². The van der Waals surface area contributed by atoms with Crippen LogP contribution in [0, 0.1) is 5.92 Å². The molecule has 3 aliphatic rings. The molecule has 25 heteroatoms. The van der Waals surface area contributed by atoms with Crippen LogP contribution in [-0.4, -0.2) is 102 Å². The van der Waals surface area contributed by atoms with Gasteiger partial charge >= 0.3 is 17.0 Å². The van der Waals surface area contributed by atoms with Crippen LogP contribution in [0.1, 0.15) is 49.5 Å². The third-order valence-corrected chi connectivity index (χ3v) is 11.7. The van der Waals surface area contributed by atoms with Crippen LogP contribution in [0.25, 0.3) is 22.3 Å². The Morgan fingerprint density at radius 1 is 0.982 bits per heavy atom. The molecule has 7 heterocycles. The van der Waals surface area contributed by atoms with Crippen LogP contribution >= 0.6 is 6.72 Å². The second-order valence-electron chi connectivity index (χ2n) is 13.3. The van der Waals surface area contributed by atoms with Crippen molar-refractivity contribution in [2.45, 2.75) is 63.6 Å². The summed E-state index contributed by atoms with van der Waals surface area (Å²) in [5.41, 5.74) is 0.187. The maximum Gasteiger partial charge on any atom is 0.336 e. The highest BCUT2D eigenvalue weighted by atomic mass is 32.5. The summed E-state index contributed by atoms with van der Waals surface area (Å²) in [6.07, 6.45) is -2.25. The van der Waals surface area contributed by atoms with Gasteiger partial charge < -0.3 is 28.7 Å². The Kier molecular flexibility index (Phi) is 10.3. The molecule has 3 aliphatic heterocycles. The van der Waals surface area contributed by atoms with E-state index in [1.165, 1.54) is 23.5 Å². The molecule has 0 aliphatic carbocycles. The molecule has 3 fully saturated rings. The highest BCUT2D eigenvalue weighted by Crippen LogP contribution is 2.50. The average molecular weight is 832 g/mol. The molecular formula is C31H34N11O11PS2. The second-order valence-corrected chi connectivity index (χ2v) is 17.5. The van der Waals surface area contributed by atoms with Gasteiger partial charge in [-0.05, 0) is 23.9 Å². The first-order valence-corrected chi connectivity index (χ1v) is 21.2. The third kappa shape index (κ3) is 7.84. The van der Waals surface area contributed by atoms with Gasteiger partial charge in [0.2, 0.25) is 11.9 Å². The second kappa shape index (κ2) is 15.0. The zero-order valence-electron chi connectivity index (χ0n) is 29.4. The molecule has 22 nitrogen and oxygen atoms in total. The van der Waals surface area contributed by atoms with Gasteiger partial charge in [-0.2, -0.15) is 18.1 Å². The Hall–Kier alpha value is -4.62. The predicted molar refractivity (Wildman–Crippen MR) is 198 cm³/mol. The van der Waals surface area contributed by atoms with E-state index in [0.717, 1.165) is 0 Å². The predicted octanol–water partition coefficient (Wildman–Crippen LogP) is 1.23. The zero-order chi connectivity index (χ0) is 39.4. The number of imidazole rings is 2. The van der Waals surface area contributed by atoms with Crippen LogP contribution in [0.5, 0.6) is 0 Å². The number of aromatic amines is 1. The van der Waals surface area contributed by atoms with Crippen molar-refractivity contribution in [1.29, 1.82) is 0 Å². The van der Waals surface area contributed by atoms with E-state index in [9.17, 15) is 27.7 Å². The molecule has 3 saturated heterocycles. The number of rotatable bonds is 6. The van der Waals surface area contributed by atoms with E-state index in [4.69, 9.17) is 34.5 Å². The number of hydrogen-bond acceptors (Lipinski definition) is 16. The number of nitrogens with one attached hydrogen (secondary N) is 4. The van der Waals surface area contributed by atoms with Crippen molar-refractivity contribution in [3.8, 4) is 0 Å². The number of nitrogens with zero attached hydrogens (tertiary/aromatic N) is 7. The Morgan fingerprint density at radius 3 is 2.54 bits per heavy atom. The fraction of sp³-hybridized carbons (Fsp3) is 0.419. The first-order chi connectivity index (χ1) is 26.7. The van der Waals surface area contributed by atoms with E-state index in [1.54, 1.807) is 48.7 Å². The molecule has 0 spiro atoms. The topological polar surface area (TPSA) is 278 Å². The quantitative estimate of drug-likeness (QED) is 0.151. The number of carbonyl (C=O) groups is 2. The van der Waals surface area contributed by atoms with Crippen LogP contribution in [0.15, 0.2) is 54.1 Å². The van der Waals surface area contributed by atoms with Crippen molar-refractivity contribution in [3.05, 3.63) is 65.2 Å². The molecule has 0 radical (unpaired) electrons. The van der Waals surface area contributed by atoms with Crippen molar-refractivity contribution in [2.24, 2.45) is 5.92 Å². The van der Waals surface area contributed by atoms with Crippen molar-refractivity contribution < 1.29 is 45.6 Å². The third-order valence-electron chi connectivity index (χ3n) is 9.14. The van der Waals surface area contributed by atoms with Gasteiger partial charge in [-0.1, -0.05) is 32.0 Å². The lowest BCUT2D eigenvalue weighted by molar-refractivity contribution is -0.118. The number of amides is 2. The van der Waals surface area contributed by atoms with Crippen molar-refractivity contribution in [2.75, 3.05) is 23.8 Å². The number of benzene rings is 1. The largest absolute Gasteiger partial charge is 0.351 e. The van der Waals surface area contributed by atoms with Crippen LogP contribution in [0.2, 0.25) is 0 Å². The maximum absolute atomic E-state index is 13.5. The minimum absolute atomic E-state index is 0.0220. The van der Waals surface area contributed by atoms with E-state index in [-0.39, 0.29) is 54.4 Å². The number of carbonyl (C=O) groups excluding carboxylic acids is 2. The van der Waals surface area contributed by atoms with Crippen LogP contribution in [-0.2, 0) is 49.6 Å². The zero-order valence-corrected chi connectivity index (χ0v) is 31.9. The SMILES string of the molecule is CC(C)C(=O)Nc1nc2c(ncn2[C@H]2O[C@@H]3COP(O)(=S)O[C@H]4C[C@H](n5cnc6c(NC(=O)c7ccccc7)ncnc65)O[C@@H]4CNS(=O)(=O)O[C@@H]2C3)c(=O)[nH]1. The molecule has 0 saturated carbocycles. The average Bonchev–Trinajstić information content (AvgIpc) is 3.95. The summed E-state index contributed by atoms with van der Waals surface area (Å²) in [5.74, 6) is -1.21. The van der Waals surface area contributed by atoms with Crippen LogP contribution in [0.4, 0.5) is 11.8 Å². The molecule has 2 amide bonds. The molecule has 1 unspecified atom stereocenters. The van der Waals surface area contributed by atoms with Gasteiger partial charge in [-0.15, -0.1) is 0 Å². The summed E-state index contributed by atoms with van der Waals surface area (Å²) in [6.45, 7) is -1.38. The first kappa shape index (κ1) is 38.3. The minimum Gasteiger partial charge on any atom is -0.351 e. The number of anilines is 2. The van der Waals surface area contributed by atoms with E-state index in [0.29, 0.717) is 11.2 Å². The van der Waals surface area contributed by atoms with Gasteiger partial charge in [0.15, 0.2) is 34.4 Å². The standard InChI is InChI=1S/C31H34N11O11PS2/c1-15(2)27(43)39-31-38-26-23(29(45)40-31)35-14-42(26)30-19-8-17(50-30)11-49-54(46,55)52-18-9-21(51-20(18)10-36-56(47,48)53-19)41-13-34-22-24(32-12-33-25(22)41)37-28(44)16-6-4-3-5-7-16/h3-7,12-15,17-21,30,36H,8-11H2,1-2H3,(H,46,55)(H,32,33,37,44)(H2,38,39,40,43,45)/t17-,18-,19+,20+,21+,30-,54?/m0/s1. The molecule has 5 N–H and O–H groups in total. The monoisotopic (exact) mass is 831 g/mol. The molecule has 7 atom stereocenters. The fourth-order valence-corrected chi connectivity index (χ4v) is 8.86. The lowest BCUT2D eigenvalue weighted by atomic mass is 10.2. The Labute approximate surface area is 321 Å². The summed E-state index contributed by atoms with van der Waals surface area (Å²) >= 11 is 5.37. The number of fused-ring (bicyclic) bond motifs is 5. The summed E-state index contributed by atoms with van der Waals surface area (Å²) in [7, 11) is -4.53. The Balaban J connectivity index is 1.03. The Bertz CT molecular complexity index is 2530. The molecule has 1 aromatic carbocycles. The summed E-state index contributed by atoms with van der Waals surface area (Å²) in [6, 6.07) is 8.55. The normalized spacial score (nSPS) is 28.0. The number of H-pyrrole nitrogens is 1. The van der Waals surface area contributed by atoms with Gasteiger partial charge in [-0.3, -0.25) is 33.8 Å². The molecule has 8 rings (SSSR count). The number of ether oxygens (including phenoxy) is 2. The van der Waals surface area contributed by atoms with Gasteiger partial charge in [0.25, 0.3) is 11.5 Å². The lowest BCUT2D eigenvalue weighted by Gasteiger charge is -2.25. The van der Waals surface area contributed by atoms with E-state index >= 15 is 0 Å². The highest BCUT2D eigenvalue weighted by molar-refractivity contribution is 8.07. The molecular weight excluding hydrogens is 798 g/mol. The van der Waals surface area contributed by atoms with Gasteiger partial charge in [0.1, 0.15) is 24.8 Å². The number of hydrogen-bond donors (Lipinski definition) is 5. The lowest BCUT2D eigenvalue weighted by Crippen LogP contribution is -2.40. The summed E-state index contributed by atoms with van der Waals surface area (Å²) in [5, 5.41) is 5.27. The summed E-state index contributed by atoms with van der Waals surface area (Å²) < 4.78 is 61.8. The van der Waals surface area contributed by atoms with E-state index in [2.05, 4.69) is 45.3 Å². The van der Waals surface area contributed by atoms with Crippen molar-refractivity contribution >= 4 is 74.7 Å². The van der Waals surface area contributed by atoms with Gasteiger partial charge in [-0.25, -0.2) is 24.1 Å². The van der Waals surface area contributed by atoms with Crippen LogP contribution < -0.4 is 20.9 Å². The Morgan fingerprint density at radius 2 is 1.75 bits per heavy atom. The van der Waals surface area contributed by atoms with Crippen LogP contribution in [0.3, 0.4) is 0 Å². The maximum atomic E-state index is 13.5.